The van der Waals surface area contributed by atoms with Crippen molar-refractivity contribution in [2.75, 3.05) is 9.71 Å². The van der Waals surface area contributed by atoms with E-state index in [4.69, 9.17) is 4.42 Å². The molecule has 430 valence electrons. The van der Waals surface area contributed by atoms with Gasteiger partial charge in [-0.05, 0) is 196 Å². The van der Waals surface area contributed by atoms with E-state index in [0.717, 1.165) is 39.0 Å². The zero-order valence-electron chi connectivity index (χ0n) is 53.6. The van der Waals surface area contributed by atoms with Gasteiger partial charge in [0.15, 0.2) is 0 Å². The first-order valence-corrected chi connectivity index (χ1v) is 31.7. The van der Waals surface area contributed by atoms with Crippen molar-refractivity contribution in [2.45, 2.75) is 143 Å². The van der Waals surface area contributed by atoms with Gasteiger partial charge in [-0.15, -0.1) is 0 Å². The van der Waals surface area contributed by atoms with Crippen LogP contribution >= 0.6 is 0 Å². The lowest BCUT2D eigenvalue weighted by Crippen LogP contribution is -2.60. The zero-order valence-corrected chi connectivity index (χ0v) is 53.6. The number of hydrogen-bond acceptors (Lipinski definition) is 3. The van der Waals surface area contributed by atoms with Gasteiger partial charge in [-0.2, -0.15) is 0 Å². The molecule has 0 radical (unpaired) electrons. The number of furan rings is 1. The van der Waals surface area contributed by atoms with E-state index < -0.39 is 0 Å². The van der Waals surface area contributed by atoms with Crippen LogP contribution < -0.4 is 20.6 Å². The fraction of sp³-hybridized carbons (Fsp3) is 0.268. The second-order valence-corrected chi connectivity index (χ2v) is 31.0. The molecule has 0 bridgehead atoms. The number of anilines is 5. The predicted molar refractivity (Wildman–Crippen MR) is 372 cm³/mol. The van der Waals surface area contributed by atoms with Crippen molar-refractivity contribution in [3.63, 3.8) is 0 Å². The molecule has 4 aliphatic rings. The van der Waals surface area contributed by atoms with Crippen molar-refractivity contribution in [3.8, 4) is 39.1 Å². The Labute approximate surface area is 514 Å². The molecule has 0 unspecified atom stereocenters. The Kier molecular flexibility index (Phi) is 10.9. The summed E-state index contributed by atoms with van der Waals surface area (Å²) in [5, 5.41) is 4.97. The minimum atomic E-state index is -0.358. The van der Waals surface area contributed by atoms with Gasteiger partial charge in [0.2, 0.25) is 0 Å². The van der Waals surface area contributed by atoms with Crippen LogP contribution in [-0.4, -0.2) is 11.4 Å². The second kappa shape index (κ2) is 17.6. The van der Waals surface area contributed by atoms with Crippen LogP contribution in [-0.2, 0) is 32.5 Å². The van der Waals surface area contributed by atoms with Crippen molar-refractivity contribution in [2.24, 2.45) is 0 Å². The number of para-hydroxylation sites is 1. The maximum absolute atomic E-state index is 6.97. The predicted octanol–water partition coefficient (Wildman–Crippen LogP) is 21.2. The normalized spacial score (nSPS) is 15.3. The van der Waals surface area contributed by atoms with Gasteiger partial charge in [-0.3, -0.25) is 0 Å². The highest BCUT2D eigenvalue weighted by Gasteiger charge is 2.51. The third kappa shape index (κ3) is 7.57. The third-order valence-electron chi connectivity index (χ3n) is 20.8. The monoisotopic (exact) mass is 1130 g/mol. The first-order valence-electron chi connectivity index (χ1n) is 31.7. The molecule has 0 fully saturated rings. The summed E-state index contributed by atoms with van der Waals surface area (Å²) in [6, 6.07) is 70.9. The molecule has 5 heteroatoms. The Morgan fingerprint density at radius 3 is 1.63 bits per heavy atom. The van der Waals surface area contributed by atoms with Crippen LogP contribution in [0.15, 0.2) is 186 Å². The first-order chi connectivity index (χ1) is 41.2. The summed E-state index contributed by atoms with van der Waals surface area (Å²) >= 11 is 0. The minimum absolute atomic E-state index is 0.0225. The SMILES string of the molecule is CC(C)(C)c1ccc(N2B3c4cc5oc6ccccc6c5cc4-n4c5ccc(C(C)(C)C)cc5c5c6c(c(c3c54)-c3cc4c(cc32)-c2ccc(N(c3ccc(C(C)(C)C)cc3)c3ccc(C(C)(C)C)cc3)cc2C4(C)C)-c2ccccc2C6(C)C)cc1. The Morgan fingerprint density at radius 1 is 0.414 bits per heavy atom. The van der Waals surface area contributed by atoms with E-state index in [1.54, 1.807) is 0 Å². The molecule has 0 amide bonds. The Bertz CT molecular complexity index is 4880. The highest BCUT2D eigenvalue weighted by molar-refractivity contribution is 6.94. The van der Waals surface area contributed by atoms with Gasteiger partial charge < -0.3 is 18.7 Å². The molecule has 2 aromatic heterocycles. The van der Waals surface area contributed by atoms with Gasteiger partial charge in [-0.25, -0.2) is 0 Å². The molecule has 2 aliphatic carbocycles. The maximum Gasteiger partial charge on any atom is 0.333 e. The number of rotatable bonds is 4. The second-order valence-electron chi connectivity index (χ2n) is 31.0. The summed E-state index contributed by atoms with van der Waals surface area (Å²) < 4.78 is 9.65. The molecule has 12 aromatic rings. The van der Waals surface area contributed by atoms with E-state index in [1.807, 2.05) is 0 Å². The van der Waals surface area contributed by atoms with Crippen LogP contribution in [0.2, 0.25) is 0 Å². The quantitative estimate of drug-likeness (QED) is 0.164. The lowest BCUT2D eigenvalue weighted by atomic mass is 9.43. The molecule has 0 N–H and O–H groups in total. The van der Waals surface area contributed by atoms with Gasteiger partial charge in [-0.1, -0.05) is 202 Å². The fourth-order valence-electron chi connectivity index (χ4n) is 16.0. The molecule has 4 heterocycles. The van der Waals surface area contributed by atoms with Crippen molar-refractivity contribution < 1.29 is 4.42 Å². The van der Waals surface area contributed by atoms with Crippen LogP contribution in [0.25, 0.3) is 82.8 Å². The lowest BCUT2D eigenvalue weighted by Gasteiger charge is -2.43. The van der Waals surface area contributed by atoms with Crippen molar-refractivity contribution in [1.29, 1.82) is 0 Å². The Balaban J connectivity index is 1.02. The summed E-state index contributed by atoms with van der Waals surface area (Å²) in [4.78, 5) is 5.21. The summed E-state index contributed by atoms with van der Waals surface area (Å²) in [6.07, 6.45) is 0. The van der Waals surface area contributed by atoms with Crippen LogP contribution in [0.1, 0.15) is 155 Å². The molecule has 0 spiro atoms. The van der Waals surface area contributed by atoms with Crippen molar-refractivity contribution in [1.82, 2.24) is 4.57 Å². The van der Waals surface area contributed by atoms with Gasteiger partial charge >= 0.3 is 6.85 Å². The highest BCUT2D eigenvalue weighted by atomic mass is 16.3. The largest absolute Gasteiger partial charge is 0.456 e. The zero-order chi connectivity index (χ0) is 60.6. The van der Waals surface area contributed by atoms with Gasteiger partial charge in [0, 0.05) is 72.1 Å². The van der Waals surface area contributed by atoms with Gasteiger partial charge in [0.1, 0.15) is 11.2 Å². The summed E-state index contributed by atoms with van der Waals surface area (Å²) in [5.74, 6) is 0. The Hall–Kier alpha value is -8.54. The van der Waals surface area contributed by atoms with Crippen LogP contribution in [0, 0.1) is 0 Å². The minimum Gasteiger partial charge on any atom is -0.456 e. The molecule has 87 heavy (non-hydrogen) atoms. The number of benzene rings is 10. The average molecular weight is 1130 g/mol. The standard InChI is InChI=1S/C82H78BN3O/c1-77(2,3)47-25-32-51(33-26-47)84(52-34-27-48(28-35-52)78(4,5)6)54-38-39-55-58-44-67-61(43-64(58)81(13,14)63(55)42-54)72-71-57-22-17-19-23-62(57)82(15,16)74(71)73-60-41-50(80(10,11)12)31-40-66(60)85-68-45-59-56-21-18-20-24-69(56)87-70(59)46-65(68)83(75(72)76(73)85)86(67)53-36-29-49(30-37-53)79(7,8)9/h17-46H,1-16H3. The number of nitrogens with zero attached hydrogens (tertiary/aromatic N) is 3. The van der Waals surface area contributed by atoms with Crippen molar-refractivity contribution >= 4 is 90.0 Å². The van der Waals surface area contributed by atoms with E-state index in [1.165, 1.54) is 128 Å². The van der Waals surface area contributed by atoms with Crippen molar-refractivity contribution in [3.05, 3.63) is 226 Å². The molecule has 0 saturated carbocycles. The molecule has 10 aromatic carbocycles. The number of aromatic nitrogens is 1. The average Bonchev–Trinajstić information content (AvgIpc) is 1.54. The van der Waals surface area contributed by atoms with Crippen LogP contribution in [0.3, 0.4) is 0 Å². The van der Waals surface area contributed by atoms with E-state index in [0.29, 0.717) is 0 Å². The fourth-order valence-corrected chi connectivity index (χ4v) is 16.0. The molecule has 4 nitrogen and oxygen atoms in total. The van der Waals surface area contributed by atoms with Gasteiger partial charge in [0.25, 0.3) is 0 Å². The Morgan fingerprint density at radius 2 is 0.989 bits per heavy atom. The van der Waals surface area contributed by atoms with Crippen LogP contribution in [0.4, 0.5) is 28.4 Å². The van der Waals surface area contributed by atoms with E-state index >= 15 is 0 Å². The first kappa shape index (κ1) is 53.9. The molecular weight excluding hydrogens is 1050 g/mol. The van der Waals surface area contributed by atoms with Gasteiger partial charge in [0.05, 0.1) is 11.0 Å². The van der Waals surface area contributed by atoms with Crippen LogP contribution in [0.5, 0.6) is 0 Å². The molecule has 0 saturated heterocycles. The molecular formula is C82H78BN3O. The number of hydrogen-bond donors (Lipinski definition) is 0. The summed E-state index contributed by atoms with van der Waals surface area (Å²) in [6.45, 7) is 37.5. The van der Waals surface area contributed by atoms with E-state index in [9.17, 15) is 0 Å². The number of fused-ring (bicyclic) bond motifs is 19. The smallest absolute Gasteiger partial charge is 0.333 e. The summed E-state index contributed by atoms with van der Waals surface area (Å²) in [5.41, 5.74) is 32.1. The molecule has 16 rings (SSSR count). The molecule has 0 atom stereocenters. The lowest BCUT2D eigenvalue weighted by molar-refractivity contribution is 0.590. The van der Waals surface area contributed by atoms with E-state index in [2.05, 4.69) is 307 Å². The maximum atomic E-state index is 6.97. The summed E-state index contributed by atoms with van der Waals surface area (Å²) in [7, 11) is 0. The van der Waals surface area contributed by atoms with E-state index in [-0.39, 0.29) is 39.3 Å². The highest BCUT2D eigenvalue weighted by Crippen LogP contribution is 2.62. The molecule has 2 aliphatic heterocycles. The topological polar surface area (TPSA) is 24.6 Å². The third-order valence-corrected chi connectivity index (χ3v) is 20.8.